The van der Waals surface area contributed by atoms with E-state index in [9.17, 15) is 23.1 Å². The predicted octanol–water partition coefficient (Wildman–Crippen LogP) is 1.37. The summed E-state index contributed by atoms with van der Waals surface area (Å²) in [6.07, 6.45) is 3.63. The number of carbonyl (C=O) groups is 2. The van der Waals surface area contributed by atoms with Gasteiger partial charge in [0.15, 0.2) is 0 Å². The summed E-state index contributed by atoms with van der Waals surface area (Å²) in [7, 11) is -1.96. The highest BCUT2D eigenvalue weighted by molar-refractivity contribution is 7.88. The van der Waals surface area contributed by atoms with Gasteiger partial charge in [0.1, 0.15) is 11.9 Å². The number of pyridine rings is 1. The summed E-state index contributed by atoms with van der Waals surface area (Å²) in [6.45, 7) is 3.83. The Kier molecular flexibility index (Phi) is 8.47. The Morgan fingerprint density at radius 3 is 2.63 bits per heavy atom. The Morgan fingerprint density at radius 1 is 1.31 bits per heavy atom. The third-order valence-electron chi connectivity index (χ3n) is 6.12. The summed E-state index contributed by atoms with van der Waals surface area (Å²) in [5.74, 6) is -0.302. The van der Waals surface area contributed by atoms with Gasteiger partial charge in [0.25, 0.3) is 5.91 Å². The van der Waals surface area contributed by atoms with Crippen LogP contribution in [-0.2, 0) is 21.2 Å². The number of fused-ring (bicyclic) bond motifs is 1. The number of carbonyl (C=O) groups excluding carboxylic acids is 2. The van der Waals surface area contributed by atoms with E-state index in [0.717, 1.165) is 6.26 Å². The van der Waals surface area contributed by atoms with Gasteiger partial charge in [-0.15, -0.1) is 0 Å². The lowest BCUT2D eigenvalue weighted by Crippen LogP contribution is -2.48. The first-order valence-corrected chi connectivity index (χ1v) is 13.2. The molecule has 2 amide bonds. The molecule has 1 aromatic heterocycles. The first-order chi connectivity index (χ1) is 16.5. The van der Waals surface area contributed by atoms with Crippen LogP contribution < -0.4 is 10.1 Å². The fourth-order valence-electron chi connectivity index (χ4n) is 3.82. The first-order valence-electron chi connectivity index (χ1n) is 11.3. The molecule has 1 aliphatic rings. The van der Waals surface area contributed by atoms with Gasteiger partial charge in [-0.3, -0.25) is 14.6 Å². The van der Waals surface area contributed by atoms with E-state index >= 15 is 0 Å². The molecule has 11 heteroatoms. The molecule has 2 N–H and O–H groups in total. The molecule has 1 aromatic carbocycles. The molecule has 0 saturated heterocycles. The normalized spacial score (nSPS) is 19.7. The van der Waals surface area contributed by atoms with Crippen molar-refractivity contribution in [1.29, 1.82) is 0 Å². The summed E-state index contributed by atoms with van der Waals surface area (Å²) in [5, 5.41) is 12.5. The molecule has 0 saturated carbocycles. The van der Waals surface area contributed by atoms with Crippen molar-refractivity contribution in [1.82, 2.24) is 14.2 Å². The number of sulfonamides is 1. The molecule has 0 bridgehead atoms. The van der Waals surface area contributed by atoms with Crippen molar-refractivity contribution in [2.75, 3.05) is 38.3 Å². The highest BCUT2D eigenvalue weighted by atomic mass is 32.2. The van der Waals surface area contributed by atoms with Crippen LogP contribution in [0.3, 0.4) is 0 Å². The van der Waals surface area contributed by atoms with Gasteiger partial charge in [-0.2, -0.15) is 0 Å². The number of benzene rings is 1. The number of ether oxygens (including phenoxy) is 1. The van der Waals surface area contributed by atoms with Gasteiger partial charge >= 0.3 is 0 Å². The number of aromatic nitrogens is 1. The number of rotatable bonds is 7. The maximum atomic E-state index is 13.2. The predicted molar refractivity (Wildman–Crippen MR) is 132 cm³/mol. The lowest BCUT2D eigenvalue weighted by Gasteiger charge is -2.33. The van der Waals surface area contributed by atoms with Crippen LogP contribution in [0.2, 0.25) is 0 Å². The van der Waals surface area contributed by atoms with Crippen molar-refractivity contribution in [3.8, 4) is 5.75 Å². The van der Waals surface area contributed by atoms with E-state index in [-0.39, 0.29) is 37.3 Å². The molecule has 0 spiro atoms. The van der Waals surface area contributed by atoms with E-state index in [1.807, 2.05) is 6.92 Å². The molecule has 3 atom stereocenters. The van der Waals surface area contributed by atoms with Crippen LogP contribution >= 0.6 is 0 Å². The standard InChI is InChI=1S/C24H32N4O6S/c1-16-13-28(17(2)15-29)23(30)12-19-11-20(26-24(31)18-7-9-25-10-8-18)5-6-21(19)34-22(16)14-27(3)35(4,32)33/h5-11,16-17,22,29H,12-15H2,1-4H3,(H,26,31)/t16-,17+,22+/m1/s1. The molecule has 0 fully saturated rings. The second-order valence-electron chi connectivity index (χ2n) is 8.94. The van der Waals surface area contributed by atoms with Crippen molar-refractivity contribution in [2.24, 2.45) is 5.92 Å². The quantitative estimate of drug-likeness (QED) is 0.583. The molecule has 35 heavy (non-hydrogen) atoms. The van der Waals surface area contributed by atoms with Crippen molar-refractivity contribution in [2.45, 2.75) is 32.4 Å². The molecule has 2 aromatic rings. The van der Waals surface area contributed by atoms with Gasteiger partial charge in [0, 0.05) is 48.7 Å². The number of aliphatic hydroxyl groups is 1. The van der Waals surface area contributed by atoms with E-state index < -0.39 is 22.2 Å². The number of anilines is 1. The highest BCUT2D eigenvalue weighted by Crippen LogP contribution is 2.29. The van der Waals surface area contributed by atoms with Gasteiger partial charge in [0.2, 0.25) is 15.9 Å². The average Bonchev–Trinajstić information content (AvgIpc) is 2.86. The number of aliphatic hydroxyl groups excluding tert-OH is 1. The van der Waals surface area contributed by atoms with E-state index in [2.05, 4.69) is 10.3 Å². The minimum atomic E-state index is -3.44. The Labute approximate surface area is 206 Å². The summed E-state index contributed by atoms with van der Waals surface area (Å²) in [4.78, 5) is 31.3. The zero-order valence-corrected chi connectivity index (χ0v) is 21.2. The van der Waals surface area contributed by atoms with E-state index in [1.54, 1.807) is 42.2 Å². The molecule has 190 valence electrons. The molecule has 10 nitrogen and oxygen atoms in total. The Morgan fingerprint density at radius 2 is 2.00 bits per heavy atom. The molecule has 3 rings (SSSR count). The molecule has 1 aliphatic heterocycles. The number of hydrogen-bond acceptors (Lipinski definition) is 7. The first kappa shape index (κ1) is 26.6. The number of nitrogens with zero attached hydrogens (tertiary/aromatic N) is 3. The summed E-state index contributed by atoms with van der Waals surface area (Å²) in [5.41, 5.74) is 1.48. The second kappa shape index (κ2) is 11.1. The van der Waals surface area contributed by atoms with Crippen LogP contribution in [0, 0.1) is 5.92 Å². The number of nitrogens with one attached hydrogen (secondary N) is 1. The number of hydrogen-bond donors (Lipinski definition) is 2. The topological polar surface area (TPSA) is 129 Å². The van der Waals surface area contributed by atoms with Gasteiger partial charge in [-0.1, -0.05) is 6.92 Å². The average molecular weight is 505 g/mol. The molecule has 0 unspecified atom stereocenters. The van der Waals surface area contributed by atoms with Gasteiger partial charge in [0.05, 0.1) is 31.9 Å². The van der Waals surface area contributed by atoms with Crippen molar-refractivity contribution < 1.29 is 27.9 Å². The molecule has 0 aliphatic carbocycles. The smallest absolute Gasteiger partial charge is 0.255 e. The van der Waals surface area contributed by atoms with Crippen LogP contribution in [0.4, 0.5) is 5.69 Å². The van der Waals surface area contributed by atoms with Crippen LogP contribution in [0.25, 0.3) is 0 Å². The third kappa shape index (κ3) is 6.77. The van der Waals surface area contributed by atoms with E-state index in [0.29, 0.717) is 29.1 Å². The van der Waals surface area contributed by atoms with Crippen molar-refractivity contribution in [3.63, 3.8) is 0 Å². The highest BCUT2D eigenvalue weighted by Gasteiger charge is 2.32. The monoisotopic (exact) mass is 504 g/mol. The van der Waals surface area contributed by atoms with Crippen LogP contribution in [0.1, 0.15) is 29.8 Å². The Bertz CT molecular complexity index is 1160. The van der Waals surface area contributed by atoms with Gasteiger partial charge in [-0.25, -0.2) is 12.7 Å². The lowest BCUT2D eigenvalue weighted by molar-refractivity contribution is -0.134. The van der Waals surface area contributed by atoms with E-state index in [4.69, 9.17) is 4.74 Å². The van der Waals surface area contributed by atoms with Crippen molar-refractivity contribution >= 4 is 27.5 Å². The third-order valence-corrected chi connectivity index (χ3v) is 7.40. The van der Waals surface area contributed by atoms with Crippen LogP contribution in [-0.4, -0.2) is 84.7 Å². The SMILES string of the molecule is C[C@@H]1CN([C@@H](C)CO)C(=O)Cc2cc(NC(=O)c3ccncc3)ccc2O[C@H]1CN(C)S(C)(=O)=O. The molecule has 2 heterocycles. The minimum Gasteiger partial charge on any atom is -0.488 e. The summed E-state index contributed by atoms with van der Waals surface area (Å²) < 4.78 is 31.6. The molecular formula is C24H32N4O6S. The Balaban J connectivity index is 1.96. The summed E-state index contributed by atoms with van der Waals surface area (Å²) >= 11 is 0. The van der Waals surface area contributed by atoms with Gasteiger partial charge in [-0.05, 0) is 37.3 Å². The Hall–Kier alpha value is -3.02. The van der Waals surface area contributed by atoms with Gasteiger partial charge < -0.3 is 20.1 Å². The van der Waals surface area contributed by atoms with Crippen LogP contribution in [0.15, 0.2) is 42.7 Å². The largest absolute Gasteiger partial charge is 0.488 e. The fourth-order valence-corrected chi connectivity index (χ4v) is 4.24. The lowest BCUT2D eigenvalue weighted by atomic mass is 10.0. The second-order valence-corrected chi connectivity index (χ2v) is 11.0. The van der Waals surface area contributed by atoms with Crippen molar-refractivity contribution in [3.05, 3.63) is 53.9 Å². The van der Waals surface area contributed by atoms with E-state index in [1.165, 1.54) is 23.7 Å². The minimum absolute atomic E-state index is 0.00000350. The zero-order chi connectivity index (χ0) is 25.8. The molecule has 0 radical (unpaired) electrons. The van der Waals surface area contributed by atoms with Crippen LogP contribution in [0.5, 0.6) is 5.75 Å². The number of amides is 2. The summed E-state index contributed by atoms with van der Waals surface area (Å²) in [6, 6.07) is 7.80. The zero-order valence-electron chi connectivity index (χ0n) is 20.3. The molecular weight excluding hydrogens is 472 g/mol. The fraction of sp³-hybridized carbons (Fsp3) is 0.458. The maximum Gasteiger partial charge on any atom is 0.255 e. The number of likely N-dealkylation sites (N-methyl/N-ethyl adjacent to an activating group) is 1. The maximum absolute atomic E-state index is 13.2.